The van der Waals surface area contributed by atoms with Crippen LogP contribution in [0.3, 0.4) is 0 Å². The summed E-state index contributed by atoms with van der Waals surface area (Å²) in [5.41, 5.74) is 1.91. The summed E-state index contributed by atoms with van der Waals surface area (Å²) in [6.07, 6.45) is 0.834. The van der Waals surface area contributed by atoms with Crippen molar-refractivity contribution in [2.45, 2.75) is 25.8 Å². The smallest absolute Gasteiger partial charge is 0.256 e. The minimum atomic E-state index is -0.671. The van der Waals surface area contributed by atoms with Crippen LogP contribution in [-0.2, 0) is 16.0 Å². The van der Waals surface area contributed by atoms with Crippen LogP contribution in [0.2, 0.25) is 0 Å². The van der Waals surface area contributed by atoms with Gasteiger partial charge in [-0.05, 0) is 30.2 Å². The molecular formula is C18H17FN2O2. The summed E-state index contributed by atoms with van der Waals surface area (Å²) in [5.74, 6) is -1.40. The number of hydrogen-bond donors (Lipinski definition) is 1. The van der Waals surface area contributed by atoms with Gasteiger partial charge in [-0.3, -0.25) is 9.59 Å². The van der Waals surface area contributed by atoms with E-state index in [1.165, 1.54) is 18.2 Å². The second kappa shape index (κ2) is 6.20. The van der Waals surface area contributed by atoms with E-state index in [2.05, 4.69) is 5.32 Å². The molecule has 2 amide bonds. The van der Waals surface area contributed by atoms with Crippen LogP contribution in [-0.4, -0.2) is 17.9 Å². The molecule has 1 N–H and O–H groups in total. The average Bonchev–Trinajstić information content (AvgIpc) is 2.83. The van der Waals surface area contributed by atoms with E-state index in [0.717, 1.165) is 22.6 Å². The van der Waals surface area contributed by atoms with Crippen LogP contribution in [0.1, 0.15) is 18.9 Å². The lowest BCUT2D eigenvalue weighted by atomic mass is 10.1. The van der Waals surface area contributed by atoms with Gasteiger partial charge in [0.2, 0.25) is 5.91 Å². The number of aryl methyl sites for hydroxylation is 1. The number of halogens is 1. The second-order valence-electron chi connectivity index (χ2n) is 5.43. The van der Waals surface area contributed by atoms with Gasteiger partial charge in [0.05, 0.1) is 12.1 Å². The van der Waals surface area contributed by atoms with Crippen LogP contribution in [0.5, 0.6) is 0 Å². The van der Waals surface area contributed by atoms with Crippen LogP contribution in [0.4, 0.5) is 15.8 Å². The second-order valence-corrected chi connectivity index (χ2v) is 5.43. The Morgan fingerprint density at radius 3 is 2.57 bits per heavy atom. The molecule has 0 bridgehead atoms. The fourth-order valence-corrected chi connectivity index (χ4v) is 2.79. The molecule has 1 fully saturated rings. The summed E-state index contributed by atoms with van der Waals surface area (Å²) in [5, 5.41) is 3.13. The fourth-order valence-electron chi connectivity index (χ4n) is 2.79. The van der Waals surface area contributed by atoms with Crippen LogP contribution < -0.4 is 10.2 Å². The molecule has 2 aromatic rings. The van der Waals surface area contributed by atoms with Gasteiger partial charge in [-0.15, -0.1) is 0 Å². The summed E-state index contributed by atoms with van der Waals surface area (Å²) in [6, 6.07) is 12.8. The normalized spacial score (nSPS) is 17.7. The Hall–Kier alpha value is -2.69. The third-order valence-electron chi connectivity index (χ3n) is 3.97. The van der Waals surface area contributed by atoms with E-state index in [4.69, 9.17) is 0 Å². The van der Waals surface area contributed by atoms with Gasteiger partial charge in [-0.25, -0.2) is 9.29 Å². The molecule has 1 heterocycles. The number of imide groups is 1. The summed E-state index contributed by atoms with van der Waals surface area (Å²) in [6.45, 7) is 2.02. The van der Waals surface area contributed by atoms with Crippen molar-refractivity contribution in [2.75, 3.05) is 10.2 Å². The third-order valence-corrected chi connectivity index (χ3v) is 3.97. The maximum atomic E-state index is 13.9. The van der Waals surface area contributed by atoms with Crippen molar-refractivity contribution in [3.05, 3.63) is 59.9 Å². The highest BCUT2D eigenvalue weighted by molar-refractivity contribution is 6.23. The number of nitrogens with zero attached hydrogens (tertiary/aromatic N) is 1. The molecule has 4 nitrogen and oxygen atoms in total. The molecule has 1 aliphatic rings. The summed E-state index contributed by atoms with van der Waals surface area (Å²) in [4.78, 5) is 25.7. The van der Waals surface area contributed by atoms with Crippen molar-refractivity contribution in [2.24, 2.45) is 0 Å². The summed E-state index contributed by atoms with van der Waals surface area (Å²) in [7, 11) is 0. The number of nitrogens with one attached hydrogen (secondary N) is 1. The molecule has 0 aliphatic carbocycles. The van der Waals surface area contributed by atoms with Crippen LogP contribution in [0.15, 0.2) is 48.5 Å². The quantitative estimate of drug-likeness (QED) is 0.882. The first-order valence-electron chi connectivity index (χ1n) is 7.57. The lowest BCUT2D eigenvalue weighted by Gasteiger charge is -2.17. The minimum absolute atomic E-state index is 0.00979. The highest BCUT2D eigenvalue weighted by Gasteiger charge is 2.40. The molecule has 1 aliphatic heterocycles. The Bertz CT molecular complexity index is 760. The van der Waals surface area contributed by atoms with E-state index in [-0.39, 0.29) is 12.1 Å². The van der Waals surface area contributed by atoms with Crippen molar-refractivity contribution >= 4 is 23.2 Å². The number of para-hydroxylation sites is 2. The van der Waals surface area contributed by atoms with Gasteiger partial charge in [-0.1, -0.05) is 37.3 Å². The highest BCUT2D eigenvalue weighted by atomic mass is 19.1. The van der Waals surface area contributed by atoms with E-state index in [0.29, 0.717) is 0 Å². The van der Waals surface area contributed by atoms with Crippen molar-refractivity contribution in [3.8, 4) is 0 Å². The number of carbonyl (C=O) groups is 2. The van der Waals surface area contributed by atoms with E-state index < -0.39 is 23.7 Å². The highest BCUT2D eigenvalue weighted by Crippen LogP contribution is 2.27. The molecule has 118 valence electrons. The molecule has 2 aromatic carbocycles. The van der Waals surface area contributed by atoms with Gasteiger partial charge < -0.3 is 5.32 Å². The monoisotopic (exact) mass is 312 g/mol. The largest absolute Gasteiger partial charge is 0.373 e. The number of amides is 2. The van der Waals surface area contributed by atoms with Crippen molar-refractivity contribution in [1.29, 1.82) is 0 Å². The van der Waals surface area contributed by atoms with Crippen LogP contribution >= 0.6 is 0 Å². The molecule has 5 heteroatoms. The average molecular weight is 312 g/mol. The molecule has 3 rings (SSSR count). The van der Waals surface area contributed by atoms with Crippen molar-refractivity contribution in [3.63, 3.8) is 0 Å². The number of rotatable bonds is 4. The van der Waals surface area contributed by atoms with Gasteiger partial charge in [-0.2, -0.15) is 0 Å². The van der Waals surface area contributed by atoms with Crippen molar-refractivity contribution < 1.29 is 14.0 Å². The minimum Gasteiger partial charge on any atom is -0.373 e. The van der Waals surface area contributed by atoms with Gasteiger partial charge >= 0.3 is 0 Å². The molecule has 1 saturated heterocycles. The first-order chi connectivity index (χ1) is 11.1. The van der Waals surface area contributed by atoms with E-state index in [9.17, 15) is 14.0 Å². The lowest BCUT2D eigenvalue weighted by molar-refractivity contribution is -0.121. The van der Waals surface area contributed by atoms with Gasteiger partial charge in [0, 0.05) is 5.69 Å². The number of hydrogen-bond acceptors (Lipinski definition) is 3. The van der Waals surface area contributed by atoms with E-state index in [1.54, 1.807) is 6.07 Å². The zero-order chi connectivity index (χ0) is 16.4. The summed E-state index contributed by atoms with van der Waals surface area (Å²) >= 11 is 0. The molecule has 1 atom stereocenters. The van der Waals surface area contributed by atoms with Crippen LogP contribution in [0.25, 0.3) is 0 Å². The Morgan fingerprint density at radius 1 is 1.13 bits per heavy atom. The fraction of sp³-hybridized carbons (Fsp3) is 0.222. The Morgan fingerprint density at radius 2 is 1.83 bits per heavy atom. The lowest BCUT2D eigenvalue weighted by Crippen LogP contribution is -2.35. The predicted molar refractivity (Wildman–Crippen MR) is 86.7 cm³/mol. The topological polar surface area (TPSA) is 49.4 Å². The first kappa shape index (κ1) is 15.2. The number of carbonyl (C=O) groups excluding carboxylic acids is 2. The molecule has 0 spiro atoms. The third kappa shape index (κ3) is 2.82. The summed E-state index contributed by atoms with van der Waals surface area (Å²) < 4.78 is 13.9. The molecule has 0 saturated carbocycles. The number of anilines is 2. The Labute approximate surface area is 133 Å². The van der Waals surface area contributed by atoms with Gasteiger partial charge in [0.25, 0.3) is 5.91 Å². The zero-order valence-electron chi connectivity index (χ0n) is 12.8. The maximum absolute atomic E-state index is 13.9. The van der Waals surface area contributed by atoms with Gasteiger partial charge in [0.1, 0.15) is 11.9 Å². The van der Waals surface area contributed by atoms with Gasteiger partial charge in [0.15, 0.2) is 0 Å². The predicted octanol–water partition coefficient (Wildman–Crippen LogP) is 3.13. The van der Waals surface area contributed by atoms with E-state index >= 15 is 0 Å². The first-order valence-corrected chi connectivity index (χ1v) is 7.57. The molecule has 23 heavy (non-hydrogen) atoms. The standard InChI is InChI=1S/C18H17FN2O2/c1-2-12-7-3-5-9-14(12)20-15-11-17(22)21(18(15)23)16-10-6-4-8-13(16)19/h3-10,15,20H,2,11H2,1H3/t15-/m0/s1. The molecule has 0 unspecified atom stereocenters. The molecular weight excluding hydrogens is 295 g/mol. The zero-order valence-corrected chi connectivity index (χ0v) is 12.8. The Balaban J connectivity index is 1.86. The maximum Gasteiger partial charge on any atom is 0.256 e. The molecule has 0 radical (unpaired) electrons. The van der Waals surface area contributed by atoms with Crippen molar-refractivity contribution in [1.82, 2.24) is 0 Å². The molecule has 0 aromatic heterocycles. The van der Waals surface area contributed by atoms with Crippen LogP contribution in [0, 0.1) is 5.82 Å². The SMILES string of the molecule is CCc1ccccc1N[C@H]1CC(=O)N(c2ccccc2F)C1=O. The Kier molecular flexibility index (Phi) is 4.10. The van der Waals surface area contributed by atoms with E-state index in [1.807, 2.05) is 31.2 Å². The number of benzene rings is 2.